The second kappa shape index (κ2) is 6.85. The van der Waals surface area contributed by atoms with Crippen LogP contribution in [0.1, 0.15) is 5.56 Å². The summed E-state index contributed by atoms with van der Waals surface area (Å²) in [6.45, 7) is 1.74. The summed E-state index contributed by atoms with van der Waals surface area (Å²) in [6.07, 6.45) is 3.16. The number of benzene rings is 1. The van der Waals surface area contributed by atoms with Crippen molar-refractivity contribution in [1.29, 1.82) is 0 Å². The van der Waals surface area contributed by atoms with Gasteiger partial charge in [-0.3, -0.25) is 10.7 Å². The van der Waals surface area contributed by atoms with Gasteiger partial charge in [-0.15, -0.1) is 11.8 Å². The molecular weight excluding hydrogens is 206 g/mol. The average molecular weight is 225 g/mol. The topological polar surface area (TPSA) is 41.3 Å². The fraction of sp³-hybridized carbons (Fsp3) is 0.455. The van der Waals surface area contributed by atoms with Crippen molar-refractivity contribution in [2.75, 3.05) is 26.5 Å². The van der Waals surface area contributed by atoms with E-state index >= 15 is 0 Å². The standard InChI is InChI=1S/C11H19N3S/c1-14(9-13-12)8-7-10-3-5-11(15-2)6-4-10/h3-6,13H,7-9,12H2,1-2H3. The Balaban J connectivity index is 2.37. The van der Waals surface area contributed by atoms with Gasteiger partial charge in [-0.2, -0.15) is 0 Å². The van der Waals surface area contributed by atoms with E-state index in [-0.39, 0.29) is 0 Å². The first-order valence-electron chi connectivity index (χ1n) is 5.01. The maximum absolute atomic E-state index is 5.24. The van der Waals surface area contributed by atoms with Crippen molar-refractivity contribution >= 4 is 11.8 Å². The molecule has 15 heavy (non-hydrogen) atoms. The van der Waals surface area contributed by atoms with Gasteiger partial charge in [0.25, 0.3) is 0 Å². The van der Waals surface area contributed by atoms with E-state index in [1.54, 1.807) is 11.8 Å². The Bertz CT molecular complexity index is 274. The summed E-state index contributed by atoms with van der Waals surface area (Å²) in [6, 6.07) is 8.72. The van der Waals surface area contributed by atoms with Crippen LogP contribution in [-0.4, -0.2) is 31.4 Å². The van der Waals surface area contributed by atoms with Gasteiger partial charge in [-0.1, -0.05) is 12.1 Å². The minimum Gasteiger partial charge on any atom is -0.292 e. The third-order valence-corrected chi connectivity index (χ3v) is 3.05. The number of nitrogens with two attached hydrogens (primary N) is 1. The lowest BCUT2D eigenvalue weighted by Gasteiger charge is -2.15. The number of nitrogens with zero attached hydrogens (tertiary/aromatic N) is 1. The smallest absolute Gasteiger partial charge is 0.0610 e. The molecule has 0 aliphatic carbocycles. The van der Waals surface area contributed by atoms with Gasteiger partial charge in [0.05, 0.1) is 6.67 Å². The SMILES string of the molecule is CSc1ccc(CCN(C)CNN)cc1. The Morgan fingerprint density at radius 2 is 2.00 bits per heavy atom. The quantitative estimate of drug-likeness (QED) is 0.331. The van der Waals surface area contributed by atoms with E-state index in [4.69, 9.17) is 5.84 Å². The molecule has 0 aromatic heterocycles. The van der Waals surface area contributed by atoms with Gasteiger partial charge in [-0.25, -0.2) is 5.43 Å². The molecule has 0 bridgehead atoms. The summed E-state index contributed by atoms with van der Waals surface area (Å²) in [4.78, 5) is 3.47. The van der Waals surface area contributed by atoms with Crippen molar-refractivity contribution in [3.05, 3.63) is 29.8 Å². The van der Waals surface area contributed by atoms with Crippen LogP contribution in [0.25, 0.3) is 0 Å². The molecule has 0 atom stereocenters. The lowest BCUT2D eigenvalue weighted by molar-refractivity contribution is 0.313. The largest absolute Gasteiger partial charge is 0.292 e. The maximum Gasteiger partial charge on any atom is 0.0610 e. The van der Waals surface area contributed by atoms with E-state index in [0.717, 1.165) is 19.6 Å². The van der Waals surface area contributed by atoms with Crippen LogP contribution >= 0.6 is 11.8 Å². The van der Waals surface area contributed by atoms with Crippen LogP contribution in [0.5, 0.6) is 0 Å². The Kier molecular flexibility index (Phi) is 5.71. The number of hydrazine groups is 1. The molecule has 0 saturated carbocycles. The van der Waals surface area contributed by atoms with E-state index in [0.29, 0.717) is 0 Å². The first kappa shape index (κ1) is 12.5. The number of likely N-dealkylation sites (N-methyl/N-ethyl adjacent to an activating group) is 1. The van der Waals surface area contributed by atoms with Crippen LogP contribution in [-0.2, 0) is 6.42 Å². The highest BCUT2D eigenvalue weighted by Crippen LogP contribution is 2.15. The van der Waals surface area contributed by atoms with E-state index in [1.165, 1.54) is 10.5 Å². The molecule has 0 heterocycles. The summed E-state index contributed by atoms with van der Waals surface area (Å²) in [7, 11) is 2.05. The molecule has 0 aliphatic heterocycles. The van der Waals surface area contributed by atoms with Crippen molar-refractivity contribution in [2.24, 2.45) is 5.84 Å². The maximum atomic E-state index is 5.24. The molecule has 4 heteroatoms. The molecule has 0 amide bonds. The Morgan fingerprint density at radius 1 is 1.33 bits per heavy atom. The average Bonchev–Trinajstić information content (AvgIpc) is 2.27. The lowest BCUT2D eigenvalue weighted by atomic mass is 10.1. The minimum absolute atomic E-state index is 0.725. The minimum atomic E-state index is 0.725. The Hall–Kier alpha value is -0.550. The molecule has 84 valence electrons. The highest BCUT2D eigenvalue weighted by molar-refractivity contribution is 7.98. The third kappa shape index (κ3) is 4.66. The molecule has 0 fully saturated rings. The van der Waals surface area contributed by atoms with E-state index < -0.39 is 0 Å². The fourth-order valence-electron chi connectivity index (χ4n) is 1.35. The summed E-state index contributed by atoms with van der Waals surface area (Å²) in [5, 5.41) is 0. The van der Waals surface area contributed by atoms with Gasteiger partial charge < -0.3 is 0 Å². The molecule has 3 N–H and O–H groups in total. The summed E-state index contributed by atoms with van der Waals surface area (Å²) in [5.74, 6) is 5.24. The lowest BCUT2D eigenvalue weighted by Crippen LogP contribution is -2.36. The first-order valence-corrected chi connectivity index (χ1v) is 6.23. The number of hydrogen-bond acceptors (Lipinski definition) is 4. The molecule has 0 aliphatic rings. The highest BCUT2D eigenvalue weighted by atomic mass is 32.2. The number of thioether (sulfide) groups is 1. The molecular formula is C11H19N3S. The number of hydrogen-bond donors (Lipinski definition) is 2. The van der Waals surface area contributed by atoms with Crippen molar-refractivity contribution < 1.29 is 0 Å². The van der Waals surface area contributed by atoms with Crippen LogP contribution in [0, 0.1) is 0 Å². The zero-order valence-corrected chi connectivity index (χ0v) is 10.2. The summed E-state index contributed by atoms with van der Waals surface area (Å²) in [5.41, 5.74) is 4.02. The van der Waals surface area contributed by atoms with Gasteiger partial charge >= 0.3 is 0 Å². The van der Waals surface area contributed by atoms with Gasteiger partial charge in [-0.05, 0) is 37.4 Å². The Morgan fingerprint density at radius 3 is 2.53 bits per heavy atom. The zero-order chi connectivity index (χ0) is 11.1. The van der Waals surface area contributed by atoms with E-state index in [1.807, 2.05) is 0 Å². The van der Waals surface area contributed by atoms with Crippen LogP contribution in [0.2, 0.25) is 0 Å². The molecule has 1 aromatic carbocycles. The first-order chi connectivity index (χ1) is 7.26. The molecule has 0 spiro atoms. The van der Waals surface area contributed by atoms with Crippen molar-refractivity contribution in [1.82, 2.24) is 10.3 Å². The molecule has 1 aromatic rings. The van der Waals surface area contributed by atoms with E-state index in [9.17, 15) is 0 Å². The van der Waals surface area contributed by atoms with Crippen molar-refractivity contribution in [3.63, 3.8) is 0 Å². The molecule has 0 unspecified atom stereocenters. The predicted octanol–water partition coefficient (Wildman–Crippen LogP) is 1.30. The van der Waals surface area contributed by atoms with Crippen LogP contribution < -0.4 is 11.3 Å². The molecule has 0 radical (unpaired) electrons. The number of rotatable bonds is 6. The number of nitrogens with one attached hydrogen (secondary N) is 1. The molecule has 3 nitrogen and oxygen atoms in total. The van der Waals surface area contributed by atoms with Crippen molar-refractivity contribution in [2.45, 2.75) is 11.3 Å². The predicted molar refractivity (Wildman–Crippen MR) is 66.7 cm³/mol. The van der Waals surface area contributed by atoms with Crippen LogP contribution in [0.3, 0.4) is 0 Å². The van der Waals surface area contributed by atoms with Crippen LogP contribution in [0.15, 0.2) is 29.2 Å². The monoisotopic (exact) mass is 225 g/mol. The summed E-state index contributed by atoms with van der Waals surface area (Å²) >= 11 is 1.77. The van der Waals surface area contributed by atoms with Gasteiger partial charge in [0, 0.05) is 11.4 Å². The van der Waals surface area contributed by atoms with Gasteiger partial charge in [0.2, 0.25) is 0 Å². The van der Waals surface area contributed by atoms with Gasteiger partial charge in [0.15, 0.2) is 0 Å². The van der Waals surface area contributed by atoms with E-state index in [2.05, 4.69) is 47.9 Å². The Labute approximate surface area is 96.0 Å². The highest BCUT2D eigenvalue weighted by Gasteiger charge is 1.98. The second-order valence-corrected chi connectivity index (χ2v) is 4.42. The summed E-state index contributed by atoms with van der Waals surface area (Å²) < 4.78 is 0. The van der Waals surface area contributed by atoms with Gasteiger partial charge in [0.1, 0.15) is 0 Å². The second-order valence-electron chi connectivity index (χ2n) is 3.54. The fourth-order valence-corrected chi connectivity index (χ4v) is 1.76. The van der Waals surface area contributed by atoms with Crippen LogP contribution in [0.4, 0.5) is 0 Å². The molecule has 0 saturated heterocycles. The normalized spacial score (nSPS) is 10.9. The zero-order valence-electron chi connectivity index (χ0n) is 9.36. The molecule has 1 rings (SSSR count). The third-order valence-electron chi connectivity index (χ3n) is 2.30. The van der Waals surface area contributed by atoms with Crippen molar-refractivity contribution in [3.8, 4) is 0 Å².